The molecule has 2 heteroatoms. The van der Waals surface area contributed by atoms with Crippen molar-refractivity contribution in [3.05, 3.63) is 29.3 Å². The van der Waals surface area contributed by atoms with E-state index in [1.165, 1.54) is 30.4 Å². The third kappa shape index (κ3) is 3.33. The number of hydrogen-bond donors (Lipinski definition) is 0. The van der Waals surface area contributed by atoms with Crippen LogP contribution < -0.4 is 4.74 Å². The van der Waals surface area contributed by atoms with Crippen molar-refractivity contribution in [2.45, 2.75) is 58.8 Å². The smallest absolute Gasteiger partial charge is 0.119 e. The Bertz CT molecular complexity index is 483. The first kappa shape index (κ1) is 14.9. The minimum absolute atomic E-state index is 0.151. The molecule has 1 aliphatic carbocycles. The zero-order chi connectivity index (χ0) is 14.4. The van der Waals surface area contributed by atoms with Crippen molar-refractivity contribution in [2.75, 3.05) is 6.61 Å². The van der Waals surface area contributed by atoms with E-state index in [9.17, 15) is 5.26 Å². The second-order valence-corrected chi connectivity index (χ2v) is 5.84. The molecule has 108 valence electrons. The van der Waals surface area contributed by atoms with Gasteiger partial charge >= 0.3 is 0 Å². The fraction of sp³-hybridized carbons (Fsp3) is 0.611. The van der Waals surface area contributed by atoms with E-state index >= 15 is 0 Å². The van der Waals surface area contributed by atoms with E-state index < -0.39 is 0 Å². The highest BCUT2D eigenvalue weighted by atomic mass is 16.5. The largest absolute Gasteiger partial charge is 0.494 e. The van der Waals surface area contributed by atoms with E-state index in [1.54, 1.807) is 0 Å². The van der Waals surface area contributed by atoms with Crippen LogP contribution in [0.5, 0.6) is 5.75 Å². The molecule has 0 radical (unpaired) electrons. The minimum atomic E-state index is -0.151. The lowest BCUT2D eigenvalue weighted by atomic mass is 9.80. The fourth-order valence-electron chi connectivity index (χ4n) is 3.06. The summed E-state index contributed by atoms with van der Waals surface area (Å²) in [5.74, 6) is 0.987. The minimum Gasteiger partial charge on any atom is -0.494 e. The molecule has 0 fully saturated rings. The van der Waals surface area contributed by atoms with Gasteiger partial charge in [0.15, 0.2) is 0 Å². The average Bonchev–Trinajstić information content (AvgIpc) is 2.96. The van der Waals surface area contributed by atoms with Crippen LogP contribution in [0.3, 0.4) is 0 Å². The Morgan fingerprint density at radius 2 is 1.95 bits per heavy atom. The standard InChI is InChI=1S/C18H25NO/c1-3-18(4-2,14-19)11-6-12-20-17-10-9-15-7-5-8-16(15)13-17/h9-10,13H,3-8,11-12H2,1-2H3. The van der Waals surface area contributed by atoms with Crippen LogP contribution in [0.15, 0.2) is 18.2 Å². The summed E-state index contributed by atoms with van der Waals surface area (Å²) < 4.78 is 5.85. The Morgan fingerprint density at radius 1 is 1.20 bits per heavy atom. The van der Waals surface area contributed by atoms with Gasteiger partial charge in [-0.1, -0.05) is 19.9 Å². The fourth-order valence-corrected chi connectivity index (χ4v) is 3.06. The van der Waals surface area contributed by atoms with Gasteiger partial charge in [0.1, 0.15) is 5.75 Å². The van der Waals surface area contributed by atoms with Gasteiger partial charge in [-0.3, -0.25) is 0 Å². The van der Waals surface area contributed by atoms with Crippen LogP contribution in [0, 0.1) is 16.7 Å². The monoisotopic (exact) mass is 271 g/mol. The molecule has 0 aliphatic heterocycles. The van der Waals surface area contributed by atoms with Crippen molar-refractivity contribution in [1.82, 2.24) is 0 Å². The molecular formula is C18H25NO. The van der Waals surface area contributed by atoms with Crippen LogP contribution in [0.25, 0.3) is 0 Å². The molecule has 0 aromatic heterocycles. The molecule has 1 aromatic rings. The van der Waals surface area contributed by atoms with Crippen LogP contribution in [-0.2, 0) is 12.8 Å². The summed E-state index contributed by atoms with van der Waals surface area (Å²) in [6.45, 7) is 4.92. The lowest BCUT2D eigenvalue weighted by molar-refractivity contribution is 0.259. The summed E-state index contributed by atoms with van der Waals surface area (Å²) in [6.07, 6.45) is 7.42. The highest BCUT2D eigenvalue weighted by Gasteiger charge is 2.24. The molecule has 20 heavy (non-hydrogen) atoms. The third-order valence-electron chi connectivity index (χ3n) is 4.73. The summed E-state index contributed by atoms with van der Waals surface area (Å²) in [5, 5.41) is 9.31. The zero-order valence-corrected chi connectivity index (χ0v) is 12.7. The van der Waals surface area contributed by atoms with Crippen molar-refractivity contribution < 1.29 is 4.74 Å². The first-order chi connectivity index (χ1) is 9.73. The molecular weight excluding hydrogens is 246 g/mol. The van der Waals surface area contributed by atoms with Crippen LogP contribution >= 0.6 is 0 Å². The maximum absolute atomic E-state index is 9.31. The van der Waals surface area contributed by atoms with Gasteiger partial charge in [-0.25, -0.2) is 0 Å². The van der Waals surface area contributed by atoms with E-state index in [0.717, 1.165) is 31.4 Å². The Morgan fingerprint density at radius 3 is 2.65 bits per heavy atom. The van der Waals surface area contributed by atoms with E-state index in [2.05, 4.69) is 38.1 Å². The molecule has 0 bridgehead atoms. The van der Waals surface area contributed by atoms with E-state index in [-0.39, 0.29) is 5.41 Å². The quantitative estimate of drug-likeness (QED) is 0.675. The van der Waals surface area contributed by atoms with Crippen molar-refractivity contribution >= 4 is 0 Å². The Kier molecular flexibility index (Phi) is 5.06. The topological polar surface area (TPSA) is 33.0 Å². The number of hydrogen-bond acceptors (Lipinski definition) is 2. The molecule has 2 rings (SSSR count). The summed E-state index contributed by atoms with van der Waals surface area (Å²) in [5.41, 5.74) is 2.79. The molecule has 0 unspecified atom stereocenters. The Balaban J connectivity index is 1.80. The Hall–Kier alpha value is -1.49. The summed E-state index contributed by atoms with van der Waals surface area (Å²) in [4.78, 5) is 0. The van der Waals surface area contributed by atoms with Crippen LogP contribution in [0.2, 0.25) is 0 Å². The molecule has 0 saturated carbocycles. The zero-order valence-electron chi connectivity index (χ0n) is 12.7. The number of rotatable bonds is 7. The van der Waals surface area contributed by atoms with Crippen molar-refractivity contribution in [3.63, 3.8) is 0 Å². The van der Waals surface area contributed by atoms with Gasteiger partial charge < -0.3 is 4.74 Å². The number of fused-ring (bicyclic) bond motifs is 1. The van der Waals surface area contributed by atoms with Crippen molar-refractivity contribution in [1.29, 1.82) is 5.26 Å². The summed E-state index contributed by atoms with van der Waals surface area (Å²) in [6, 6.07) is 8.97. The highest BCUT2D eigenvalue weighted by Crippen LogP contribution is 2.31. The summed E-state index contributed by atoms with van der Waals surface area (Å²) >= 11 is 0. The predicted molar refractivity (Wildman–Crippen MR) is 81.8 cm³/mol. The van der Waals surface area contributed by atoms with Gasteiger partial charge in [0, 0.05) is 0 Å². The van der Waals surface area contributed by atoms with Gasteiger partial charge in [0.05, 0.1) is 18.1 Å². The molecule has 2 nitrogen and oxygen atoms in total. The molecule has 1 aromatic carbocycles. The van der Waals surface area contributed by atoms with E-state index in [0.29, 0.717) is 6.61 Å². The second kappa shape index (κ2) is 6.79. The van der Waals surface area contributed by atoms with Gasteiger partial charge in [-0.15, -0.1) is 0 Å². The lowest BCUT2D eigenvalue weighted by Gasteiger charge is -2.23. The predicted octanol–water partition coefficient (Wildman–Crippen LogP) is 4.66. The third-order valence-corrected chi connectivity index (χ3v) is 4.73. The van der Waals surface area contributed by atoms with Gasteiger partial charge in [0.25, 0.3) is 0 Å². The number of nitrogens with zero attached hydrogens (tertiary/aromatic N) is 1. The van der Waals surface area contributed by atoms with E-state index in [4.69, 9.17) is 4.74 Å². The second-order valence-electron chi connectivity index (χ2n) is 5.84. The normalized spacial score (nSPS) is 13.8. The molecule has 0 amide bonds. The average molecular weight is 271 g/mol. The number of aryl methyl sites for hydroxylation is 2. The maximum Gasteiger partial charge on any atom is 0.119 e. The molecule has 0 heterocycles. The van der Waals surface area contributed by atoms with Crippen LogP contribution in [-0.4, -0.2) is 6.61 Å². The maximum atomic E-state index is 9.31. The van der Waals surface area contributed by atoms with Crippen molar-refractivity contribution in [2.24, 2.45) is 5.41 Å². The van der Waals surface area contributed by atoms with Gasteiger partial charge in [-0.05, 0) is 68.2 Å². The number of benzene rings is 1. The molecule has 0 atom stereocenters. The lowest BCUT2D eigenvalue weighted by Crippen LogP contribution is -2.17. The highest BCUT2D eigenvalue weighted by molar-refractivity contribution is 5.38. The molecule has 0 N–H and O–H groups in total. The van der Waals surface area contributed by atoms with Crippen LogP contribution in [0.4, 0.5) is 0 Å². The van der Waals surface area contributed by atoms with Crippen molar-refractivity contribution in [3.8, 4) is 11.8 Å². The van der Waals surface area contributed by atoms with Gasteiger partial charge in [0.2, 0.25) is 0 Å². The Labute approximate surface area is 122 Å². The van der Waals surface area contributed by atoms with Crippen LogP contribution in [0.1, 0.15) is 57.1 Å². The summed E-state index contributed by atoms with van der Waals surface area (Å²) in [7, 11) is 0. The molecule has 0 saturated heterocycles. The first-order valence-corrected chi connectivity index (χ1v) is 7.89. The first-order valence-electron chi connectivity index (χ1n) is 7.89. The number of nitriles is 1. The SMILES string of the molecule is CCC(C#N)(CC)CCCOc1ccc2c(c1)CCC2. The van der Waals surface area contributed by atoms with Gasteiger partial charge in [-0.2, -0.15) is 5.26 Å². The molecule has 0 spiro atoms. The van der Waals surface area contributed by atoms with E-state index in [1.807, 2.05) is 0 Å². The number of ether oxygens (including phenoxy) is 1. The molecule has 1 aliphatic rings.